The average Bonchev–Trinajstić information content (AvgIpc) is 1.58. The minimum atomic E-state index is -4.81. The number of imide groups is 1. The fraction of sp³-hybridized carbons (Fsp3) is 0.522. The van der Waals surface area contributed by atoms with Gasteiger partial charge in [0.1, 0.15) is 54.8 Å². The lowest BCUT2D eigenvalue weighted by Gasteiger charge is -2.30. The maximum Gasteiger partial charge on any atom is 0.327 e. The zero-order valence-electron chi connectivity index (χ0n) is 60.6. The van der Waals surface area contributed by atoms with Crippen LogP contribution in [0.4, 0.5) is 5.69 Å². The van der Waals surface area contributed by atoms with Gasteiger partial charge in [-0.25, -0.2) is 9.37 Å². The van der Waals surface area contributed by atoms with Crippen LogP contribution in [0.25, 0.3) is 17.4 Å². The largest absolute Gasteiger partial charge is 0.481 e. The monoisotopic (exact) mass is 1610 g/mol. The molecule has 1 saturated heterocycles. The van der Waals surface area contributed by atoms with Crippen molar-refractivity contribution in [3.8, 4) is 11.3 Å². The SMILES string of the molecule is CCC(=O)NC(CC(=O)O)C(=O)NC(CCCN=C(N)N)C(=O)NC(CC(=O)O)C(=O)NC(CC(=O)O)C(=O)NC(CSC1CC(=O)N(CCNC(=O)CCCC2(C)/C(=C/C=C/c3cc(C(C)(C)C)c4ccc(=[N+](CC)CCCS(=O)(=O)O)cc-4o3)N(CCCS(=O)(=O)O)c3ccc(S(=O)(=O)O)cc32)C1=O)C(=O)O. The maximum atomic E-state index is 13.8. The molecule has 600 valence electrons. The van der Waals surface area contributed by atoms with Crippen LogP contribution in [0.2, 0.25) is 0 Å². The second-order valence-electron chi connectivity index (χ2n) is 26.8. The van der Waals surface area contributed by atoms with Crippen LogP contribution < -0.4 is 58.2 Å². The quantitative estimate of drug-likeness (QED) is 0.00848. The molecule has 38 nitrogen and oxygen atoms in total. The molecular weight excluding hydrogens is 1520 g/mol. The number of amides is 8. The first-order valence-electron chi connectivity index (χ1n) is 34.3. The van der Waals surface area contributed by atoms with Gasteiger partial charge in [0.15, 0.2) is 5.96 Å². The number of carbonyl (C=O) groups excluding carboxylic acids is 8. The average molecular weight is 1610 g/mol. The Morgan fingerprint density at radius 3 is 1.83 bits per heavy atom. The van der Waals surface area contributed by atoms with E-state index in [0.717, 1.165) is 27.5 Å². The summed E-state index contributed by atoms with van der Waals surface area (Å²) in [6.45, 7) is 11.0. The number of hydrogen-bond acceptors (Lipinski definition) is 22. The van der Waals surface area contributed by atoms with Gasteiger partial charge in [-0.05, 0) is 105 Å². The summed E-state index contributed by atoms with van der Waals surface area (Å²) in [6, 6.07) is 1.57. The molecule has 0 radical (unpaired) electrons. The smallest absolute Gasteiger partial charge is 0.327 e. The number of likely N-dealkylation sites (tertiary alicyclic amines) is 1. The first-order valence-corrected chi connectivity index (χ1v) is 40.0. The van der Waals surface area contributed by atoms with E-state index in [2.05, 4.69) is 26.3 Å². The Bertz CT molecular complexity index is 4440. The molecule has 0 saturated carbocycles. The van der Waals surface area contributed by atoms with Gasteiger partial charge in [-0.15, -0.1) is 11.8 Å². The van der Waals surface area contributed by atoms with Gasteiger partial charge in [0.25, 0.3) is 30.4 Å². The maximum absolute atomic E-state index is 13.8. The van der Waals surface area contributed by atoms with Crippen molar-refractivity contribution in [3.05, 3.63) is 82.6 Å². The fourth-order valence-electron chi connectivity index (χ4n) is 12.0. The van der Waals surface area contributed by atoms with Gasteiger partial charge >= 0.3 is 23.9 Å². The van der Waals surface area contributed by atoms with E-state index >= 15 is 0 Å². The lowest BCUT2D eigenvalue weighted by Crippen LogP contribution is -2.59. The molecule has 7 atom stereocenters. The van der Waals surface area contributed by atoms with E-state index < -0.39 is 196 Å². The van der Waals surface area contributed by atoms with Crippen LogP contribution in [0.1, 0.15) is 135 Å². The van der Waals surface area contributed by atoms with Crippen molar-refractivity contribution >= 4 is 131 Å². The number of aliphatic imine (C=N–C) groups is 1. The molecule has 8 amide bonds. The topological polar surface area (TPSA) is 608 Å². The molecule has 5 rings (SSSR count). The predicted octanol–water partition coefficient (Wildman–Crippen LogP) is -0.505. The van der Waals surface area contributed by atoms with Gasteiger partial charge in [0.05, 0.1) is 47.0 Å². The van der Waals surface area contributed by atoms with Crippen LogP contribution in [0.3, 0.4) is 0 Å². The van der Waals surface area contributed by atoms with Crippen LogP contribution in [-0.2, 0) is 98.7 Å². The summed E-state index contributed by atoms with van der Waals surface area (Å²) in [6.07, 6.45) is 0.462. The van der Waals surface area contributed by atoms with E-state index in [4.69, 9.17) is 15.9 Å². The van der Waals surface area contributed by atoms with Gasteiger partial charge in [-0.1, -0.05) is 33.8 Å². The summed E-state index contributed by atoms with van der Waals surface area (Å²) < 4.78 is 110. The summed E-state index contributed by atoms with van der Waals surface area (Å²) in [5, 5.41) is 51.7. The van der Waals surface area contributed by atoms with Crippen LogP contribution in [-0.4, -0.2) is 233 Å². The first-order chi connectivity index (χ1) is 50.7. The Kier molecular flexibility index (Phi) is 32.5. The number of thioether (sulfide) groups is 1. The van der Waals surface area contributed by atoms with Gasteiger partial charge in [-0.3, -0.25) is 76.3 Å². The molecule has 4 aliphatic rings. The van der Waals surface area contributed by atoms with E-state index in [9.17, 15) is 117 Å². The first kappa shape index (κ1) is 89.7. The summed E-state index contributed by atoms with van der Waals surface area (Å²) in [4.78, 5) is 161. The number of carboxylic acid groups (broad SMARTS) is 4. The third-order valence-corrected chi connectivity index (χ3v) is 21.2. The number of hydrogen-bond donors (Lipinski definition) is 15. The van der Waals surface area contributed by atoms with Crippen LogP contribution in [0, 0.1) is 0 Å². The Balaban J connectivity index is 1.30. The van der Waals surface area contributed by atoms with Crippen LogP contribution in [0.15, 0.2) is 74.6 Å². The molecule has 1 fully saturated rings. The molecule has 0 aromatic heterocycles. The Morgan fingerprint density at radius 2 is 1.28 bits per heavy atom. The third-order valence-electron chi connectivity index (χ3n) is 17.4. The molecule has 1 aromatic carbocycles. The summed E-state index contributed by atoms with van der Waals surface area (Å²) >= 11 is 0.601. The number of carbonyl (C=O) groups is 12. The van der Waals surface area contributed by atoms with Gasteiger partial charge in [-0.2, -0.15) is 25.3 Å². The number of benzene rings is 2. The van der Waals surface area contributed by atoms with Gasteiger partial charge < -0.3 is 73.1 Å². The number of fused-ring (bicyclic) bond motifs is 2. The van der Waals surface area contributed by atoms with Crippen LogP contribution in [0.5, 0.6) is 0 Å². The number of nitrogens with zero attached hydrogens (tertiary/aromatic N) is 4. The Labute approximate surface area is 632 Å². The van der Waals surface area contributed by atoms with Crippen molar-refractivity contribution < 1.29 is 121 Å². The molecule has 1 aromatic rings. The second kappa shape index (κ2) is 39.5. The molecule has 109 heavy (non-hydrogen) atoms. The number of carboxylic acids is 4. The number of aliphatic carboxylic acids is 4. The minimum absolute atomic E-state index is 0.0393. The zero-order valence-corrected chi connectivity index (χ0v) is 63.8. The second-order valence-corrected chi connectivity index (χ2v) is 32.6. The molecule has 0 bridgehead atoms. The van der Waals surface area contributed by atoms with Gasteiger partial charge in [0.2, 0.25) is 52.6 Å². The normalized spacial score (nSPS) is 17.4. The number of nitrogens with one attached hydrogen (secondary N) is 6. The lowest BCUT2D eigenvalue weighted by molar-refractivity contribution is -0.144. The highest BCUT2D eigenvalue weighted by molar-refractivity contribution is 8.00. The Morgan fingerprint density at radius 1 is 0.716 bits per heavy atom. The highest BCUT2D eigenvalue weighted by Crippen LogP contribution is 2.51. The van der Waals surface area contributed by atoms with Gasteiger partial charge in [0, 0.05) is 86.0 Å². The van der Waals surface area contributed by atoms with Crippen molar-refractivity contribution in [2.45, 2.75) is 170 Å². The number of nitrogens with two attached hydrogens (primary N) is 2. The fourth-order valence-corrected chi connectivity index (χ4v) is 14.7. The third kappa shape index (κ3) is 27.6. The molecule has 3 aliphatic heterocycles. The molecular formula is C67H93N12O26S4+. The van der Waals surface area contributed by atoms with Crippen molar-refractivity contribution in [2.24, 2.45) is 16.5 Å². The van der Waals surface area contributed by atoms with Crippen molar-refractivity contribution in [2.75, 3.05) is 61.4 Å². The van der Waals surface area contributed by atoms with Crippen molar-refractivity contribution in [1.29, 1.82) is 0 Å². The van der Waals surface area contributed by atoms with E-state index in [-0.39, 0.29) is 83.5 Å². The molecule has 3 heterocycles. The zero-order chi connectivity index (χ0) is 81.7. The summed E-state index contributed by atoms with van der Waals surface area (Å²) in [5.74, 6) is -16.3. The minimum Gasteiger partial charge on any atom is -0.481 e. The molecule has 17 N–H and O–H groups in total. The molecule has 7 unspecified atom stereocenters. The Hall–Kier alpha value is -9.88. The van der Waals surface area contributed by atoms with E-state index in [1.165, 1.54) is 19.1 Å². The molecule has 1 aliphatic carbocycles. The highest BCUT2D eigenvalue weighted by Gasteiger charge is 2.45. The number of guanidine groups is 1. The van der Waals surface area contributed by atoms with Crippen molar-refractivity contribution in [3.63, 3.8) is 0 Å². The number of anilines is 1. The highest BCUT2D eigenvalue weighted by atomic mass is 32.2. The summed E-state index contributed by atoms with van der Waals surface area (Å²) in [5.41, 5.74) is 12.0. The van der Waals surface area contributed by atoms with Crippen LogP contribution >= 0.6 is 11.8 Å². The standard InChI is InChI=1S/C67H92N12O26S4/c1-7-53(80)72-45(33-56(83)84)60(90)73-44(15-11-23-71-65(68)69)59(89)74-46(34-57(85)86)61(91)75-47(35-58(87)88)62(92)76-48(64(94)95)37-106-51-36-55(82)79(63(51)93)27-24-70-54(81)17-10-22-67(6)43-32-40(109(102,103)104)19-21-49(43)78(26-13-29-108(99,100)101)52(67)16-9-14-39-31-42(66(3,4)5)41-20-18-38(30-50(41)105-39)77(8-2)25-12-28-107(96,97)98/h9,14,16,18-21,30-32,44-48,51H,7-8,10-13,15,17,22-29,33-37H2,1-6H3,(H16-,68,69,70,71,72,73,74,75,76,80,81,83,84,85,86,87,88,89,90,91,92,94,95,96,97,98,99,100,101,102,103,104)/p+1. The number of rotatable bonds is 43. The summed E-state index contributed by atoms with van der Waals surface area (Å²) in [7, 11) is -13.5. The van der Waals surface area contributed by atoms with Crippen molar-refractivity contribution in [1.82, 2.24) is 41.4 Å². The van der Waals surface area contributed by atoms with E-state index in [0.29, 0.717) is 53.3 Å². The predicted molar refractivity (Wildman–Crippen MR) is 394 cm³/mol. The van der Waals surface area contributed by atoms with E-state index in [1.807, 2.05) is 67.2 Å². The molecule has 42 heteroatoms. The molecule has 0 spiro atoms. The van der Waals surface area contributed by atoms with E-state index in [1.54, 1.807) is 30.1 Å². The number of allylic oxidation sites excluding steroid dienone is 3. The lowest BCUT2D eigenvalue weighted by atomic mass is 9.77.